The summed E-state index contributed by atoms with van der Waals surface area (Å²) >= 11 is 0.881. The summed E-state index contributed by atoms with van der Waals surface area (Å²) in [5.74, 6) is -4.29. The summed E-state index contributed by atoms with van der Waals surface area (Å²) in [4.78, 5) is 21.5. The quantitative estimate of drug-likeness (QED) is 0.605. The van der Waals surface area contributed by atoms with E-state index in [4.69, 9.17) is 5.14 Å². The normalized spacial score (nSPS) is 19.1. The van der Waals surface area contributed by atoms with Gasteiger partial charge in [0.15, 0.2) is 5.03 Å². The van der Waals surface area contributed by atoms with Gasteiger partial charge in [0.05, 0.1) is 22.3 Å². The number of carbonyl (C=O) groups is 1. The van der Waals surface area contributed by atoms with Gasteiger partial charge < -0.3 is 10.2 Å². The molecule has 3 heterocycles. The highest BCUT2D eigenvalue weighted by Crippen LogP contribution is 2.38. The molecule has 0 saturated carbocycles. The van der Waals surface area contributed by atoms with Gasteiger partial charge in [-0.1, -0.05) is 0 Å². The van der Waals surface area contributed by atoms with Gasteiger partial charge in [-0.2, -0.15) is 13.2 Å². The van der Waals surface area contributed by atoms with Gasteiger partial charge in [-0.3, -0.25) is 4.79 Å². The number of alkyl halides is 5. The molecule has 180 valence electrons. The number of primary sulfonamides is 1. The molecule has 2 aromatic heterocycles. The highest BCUT2D eigenvalue weighted by Gasteiger charge is 2.40. The van der Waals surface area contributed by atoms with Gasteiger partial charge >= 0.3 is 6.18 Å². The predicted molar refractivity (Wildman–Crippen MR) is 112 cm³/mol. The number of nitrogens with two attached hydrogens (primary N) is 1. The number of nitrogens with zero attached hydrogens (tertiary/aromatic N) is 3. The average Bonchev–Trinajstić information content (AvgIpc) is 2.84. The van der Waals surface area contributed by atoms with Crippen molar-refractivity contribution in [2.24, 2.45) is 5.14 Å². The first-order chi connectivity index (χ1) is 15.2. The van der Waals surface area contributed by atoms with Crippen molar-refractivity contribution in [3.63, 3.8) is 0 Å². The number of nitrogens with one attached hydrogen (secondary N) is 1. The Morgan fingerprint density at radius 3 is 2.64 bits per heavy atom. The monoisotopic (exact) mass is 511 g/mol. The number of hydrogen-bond donors (Lipinski definition) is 2. The predicted octanol–water partition coefficient (Wildman–Crippen LogP) is 3.32. The molecule has 1 atom stereocenters. The molecule has 1 saturated heterocycles. The second-order valence-corrected chi connectivity index (χ2v) is 9.99. The molecule has 2 aromatic rings. The zero-order valence-corrected chi connectivity index (χ0v) is 18.6. The van der Waals surface area contributed by atoms with E-state index in [1.165, 1.54) is 17.9 Å². The van der Waals surface area contributed by atoms with E-state index < -0.39 is 55.9 Å². The number of aromatic nitrogens is 2. The topological polar surface area (TPSA) is 118 Å². The van der Waals surface area contributed by atoms with E-state index in [0.717, 1.165) is 24.0 Å². The summed E-state index contributed by atoms with van der Waals surface area (Å²) in [6.45, 7) is 1.10. The fourth-order valence-corrected chi connectivity index (χ4v) is 4.43. The average molecular weight is 511 g/mol. The summed E-state index contributed by atoms with van der Waals surface area (Å²) in [6, 6.07) is 2.70. The first kappa shape index (κ1) is 25.1. The molecule has 0 spiro atoms. The maximum absolute atomic E-state index is 14.1. The van der Waals surface area contributed by atoms with E-state index in [0.29, 0.717) is 12.3 Å². The Morgan fingerprint density at radius 2 is 2.00 bits per heavy atom. The highest BCUT2D eigenvalue weighted by atomic mass is 32.2. The maximum atomic E-state index is 14.1. The lowest BCUT2D eigenvalue weighted by molar-refractivity contribution is -0.137. The Labute approximate surface area is 189 Å². The van der Waals surface area contributed by atoms with E-state index in [1.54, 1.807) is 0 Å². The summed E-state index contributed by atoms with van der Waals surface area (Å²) in [5.41, 5.74) is -1.83. The SMILES string of the molecule is C[C@H]1SCN(c2ncc(C(F)(F)F)cc2C(=O)Nc2ccnc(S(N)(=O)=O)c2)CCC1(F)F. The molecule has 0 bridgehead atoms. The van der Waals surface area contributed by atoms with Crippen molar-refractivity contribution in [2.75, 3.05) is 22.6 Å². The van der Waals surface area contributed by atoms with Crippen LogP contribution in [0.2, 0.25) is 0 Å². The molecule has 8 nitrogen and oxygen atoms in total. The van der Waals surface area contributed by atoms with Gasteiger partial charge in [0.2, 0.25) is 0 Å². The second-order valence-electron chi connectivity index (χ2n) is 7.19. The largest absolute Gasteiger partial charge is 0.417 e. The number of carbonyl (C=O) groups excluding carboxylic acids is 1. The van der Waals surface area contributed by atoms with E-state index in [9.17, 15) is 35.2 Å². The third-order valence-corrected chi connectivity index (χ3v) is 6.92. The van der Waals surface area contributed by atoms with Gasteiger partial charge in [0.1, 0.15) is 5.82 Å². The van der Waals surface area contributed by atoms with Crippen LogP contribution in [0.3, 0.4) is 0 Å². The molecular weight excluding hydrogens is 493 g/mol. The summed E-state index contributed by atoms with van der Waals surface area (Å²) < 4.78 is 90.9. The van der Waals surface area contributed by atoms with Crippen LogP contribution < -0.4 is 15.4 Å². The Bertz CT molecular complexity index is 1160. The van der Waals surface area contributed by atoms with E-state index in [-0.39, 0.29) is 23.9 Å². The Kier molecular flexibility index (Phi) is 6.87. The molecule has 3 rings (SSSR count). The van der Waals surface area contributed by atoms with Crippen LogP contribution in [-0.2, 0) is 16.2 Å². The van der Waals surface area contributed by atoms with E-state index >= 15 is 0 Å². The van der Waals surface area contributed by atoms with Crippen LogP contribution in [0.25, 0.3) is 0 Å². The Morgan fingerprint density at radius 1 is 1.30 bits per heavy atom. The van der Waals surface area contributed by atoms with E-state index in [2.05, 4.69) is 15.3 Å². The van der Waals surface area contributed by atoms with Crippen LogP contribution in [0, 0.1) is 0 Å². The van der Waals surface area contributed by atoms with Crippen molar-refractivity contribution < 1.29 is 35.2 Å². The lowest BCUT2D eigenvalue weighted by Gasteiger charge is -2.24. The number of thioether (sulfide) groups is 1. The summed E-state index contributed by atoms with van der Waals surface area (Å²) in [6.07, 6.45) is -3.83. The summed E-state index contributed by atoms with van der Waals surface area (Å²) in [5, 5.41) is 5.67. The van der Waals surface area contributed by atoms with Crippen molar-refractivity contribution in [3.05, 3.63) is 41.7 Å². The molecule has 15 heteroatoms. The lowest BCUT2D eigenvalue weighted by atomic mass is 10.1. The molecule has 3 N–H and O–H groups in total. The number of pyridine rings is 2. The first-order valence-corrected chi connectivity index (χ1v) is 11.9. The van der Waals surface area contributed by atoms with Crippen LogP contribution in [0.5, 0.6) is 0 Å². The van der Waals surface area contributed by atoms with Crippen molar-refractivity contribution in [1.82, 2.24) is 9.97 Å². The van der Waals surface area contributed by atoms with Crippen molar-refractivity contribution in [2.45, 2.75) is 35.7 Å². The minimum Gasteiger partial charge on any atom is -0.346 e. The lowest BCUT2D eigenvalue weighted by Crippen LogP contribution is -2.31. The van der Waals surface area contributed by atoms with Gasteiger partial charge in [0.25, 0.3) is 21.9 Å². The molecule has 0 radical (unpaired) electrons. The Hall–Kier alpha value is -2.52. The maximum Gasteiger partial charge on any atom is 0.417 e. The van der Waals surface area contributed by atoms with Crippen LogP contribution in [0.4, 0.5) is 33.5 Å². The fourth-order valence-electron chi connectivity index (χ4n) is 2.92. The number of amides is 1. The van der Waals surface area contributed by atoms with Crippen molar-refractivity contribution >= 4 is 39.2 Å². The molecular formula is C18H18F5N5O3S2. The molecule has 1 aliphatic rings. The third kappa shape index (κ3) is 5.89. The number of rotatable bonds is 4. The van der Waals surface area contributed by atoms with Gasteiger partial charge in [-0.15, -0.1) is 11.8 Å². The number of hydrogen-bond acceptors (Lipinski definition) is 7. The molecule has 0 aliphatic carbocycles. The number of anilines is 2. The fraction of sp³-hybridized carbons (Fsp3) is 0.389. The van der Waals surface area contributed by atoms with Crippen LogP contribution >= 0.6 is 11.8 Å². The minimum absolute atomic E-state index is 0.0276. The van der Waals surface area contributed by atoms with Crippen molar-refractivity contribution in [3.8, 4) is 0 Å². The molecule has 1 fully saturated rings. The molecule has 1 amide bonds. The smallest absolute Gasteiger partial charge is 0.346 e. The van der Waals surface area contributed by atoms with Crippen LogP contribution in [0.15, 0.2) is 35.6 Å². The Balaban J connectivity index is 1.99. The third-order valence-electron chi connectivity index (χ3n) is 4.81. The minimum atomic E-state index is -4.81. The zero-order chi connectivity index (χ0) is 24.6. The standard InChI is InChI=1S/C18H18F5N5O3S2/c1-10-17(19,20)3-5-28(9-32-10)15-13(6-11(8-26-15)18(21,22)23)16(29)27-12-2-4-25-14(7-12)33(24,30)31/h2,4,6-8,10H,3,5,9H2,1H3,(H2,24,30,31)(H,25,27,29)/t10-/m1/s1. The number of sulfonamides is 1. The van der Waals surface area contributed by atoms with E-state index in [1.807, 2.05) is 0 Å². The van der Waals surface area contributed by atoms with Crippen LogP contribution in [-0.4, -0.2) is 47.9 Å². The second kappa shape index (κ2) is 9.02. The molecule has 1 aliphatic heterocycles. The molecule has 33 heavy (non-hydrogen) atoms. The van der Waals surface area contributed by atoms with Gasteiger partial charge in [0, 0.05) is 37.1 Å². The summed E-state index contributed by atoms with van der Waals surface area (Å²) in [7, 11) is -4.20. The molecule has 0 aromatic carbocycles. The molecule has 0 unspecified atom stereocenters. The van der Waals surface area contributed by atoms with Crippen LogP contribution in [0.1, 0.15) is 29.3 Å². The van der Waals surface area contributed by atoms with Crippen molar-refractivity contribution in [1.29, 1.82) is 0 Å². The zero-order valence-electron chi connectivity index (χ0n) is 16.9. The number of halogens is 5. The first-order valence-electron chi connectivity index (χ1n) is 9.30. The van der Waals surface area contributed by atoms with Gasteiger partial charge in [-0.05, 0) is 19.1 Å². The highest BCUT2D eigenvalue weighted by molar-refractivity contribution is 8.00. The van der Waals surface area contributed by atoms with Gasteiger partial charge in [-0.25, -0.2) is 32.3 Å².